The summed E-state index contributed by atoms with van der Waals surface area (Å²) >= 11 is 0. The predicted molar refractivity (Wildman–Crippen MR) is 70.1 cm³/mol. The lowest BCUT2D eigenvalue weighted by Gasteiger charge is -2.15. The largest absolute Gasteiger partial charge is 0.488 e. The maximum absolute atomic E-state index is 13.0. The minimum absolute atomic E-state index is 0.0576. The highest BCUT2D eigenvalue weighted by molar-refractivity contribution is 5.39. The number of hydrogen-bond acceptors (Lipinski definition) is 2. The molecule has 0 aromatic heterocycles. The van der Waals surface area contributed by atoms with Gasteiger partial charge in [-0.25, -0.2) is 0 Å². The van der Waals surface area contributed by atoms with Gasteiger partial charge in [0.1, 0.15) is 12.4 Å². The molecule has 0 aliphatic carbocycles. The van der Waals surface area contributed by atoms with Gasteiger partial charge in [-0.15, -0.1) is 0 Å². The van der Waals surface area contributed by atoms with E-state index in [9.17, 15) is 13.2 Å². The number of ether oxygens (including phenoxy) is 1. The first-order valence-electron chi connectivity index (χ1n) is 6.07. The van der Waals surface area contributed by atoms with E-state index in [1.807, 2.05) is 6.07 Å². The van der Waals surface area contributed by atoms with Crippen molar-refractivity contribution in [1.82, 2.24) is 0 Å². The fourth-order valence-corrected chi connectivity index (χ4v) is 1.79. The number of alkyl halides is 3. The molecule has 0 amide bonds. The van der Waals surface area contributed by atoms with Crippen LogP contribution in [-0.4, -0.2) is 0 Å². The molecule has 0 bridgehead atoms. The van der Waals surface area contributed by atoms with Gasteiger partial charge >= 0.3 is 6.18 Å². The van der Waals surface area contributed by atoms with Gasteiger partial charge in [-0.2, -0.15) is 13.2 Å². The van der Waals surface area contributed by atoms with Crippen LogP contribution in [-0.2, 0) is 19.3 Å². The van der Waals surface area contributed by atoms with Crippen molar-refractivity contribution in [2.24, 2.45) is 5.73 Å². The minimum Gasteiger partial charge on any atom is -0.488 e. The highest BCUT2D eigenvalue weighted by Gasteiger charge is 2.34. The van der Waals surface area contributed by atoms with Crippen LogP contribution in [0.1, 0.15) is 16.7 Å². The maximum atomic E-state index is 13.0. The predicted octanol–water partition coefficient (Wildman–Crippen LogP) is 3.74. The Kier molecular flexibility index (Phi) is 4.29. The van der Waals surface area contributed by atoms with Gasteiger partial charge in [0.05, 0.1) is 5.56 Å². The van der Waals surface area contributed by atoms with Crippen molar-refractivity contribution in [3.63, 3.8) is 0 Å². The number of rotatable bonds is 4. The highest BCUT2D eigenvalue weighted by Crippen LogP contribution is 2.37. The molecule has 2 nitrogen and oxygen atoms in total. The minimum atomic E-state index is -4.46. The van der Waals surface area contributed by atoms with Gasteiger partial charge in [0.2, 0.25) is 0 Å². The standard InChI is InChI=1S/C15H14F3NO/c16-15(17,18)13-8-12(9-19)6-7-14(13)20-10-11-4-2-1-3-5-11/h1-8H,9-10,19H2. The Hall–Kier alpha value is -2.01. The van der Waals surface area contributed by atoms with E-state index in [1.165, 1.54) is 12.1 Å². The lowest BCUT2D eigenvalue weighted by Crippen LogP contribution is -2.10. The summed E-state index contributed by atoms with van der Waals surface area (Å²) in [4.78, 5) is 0. The second kappa shape index (κ2) is 5.96. The summed E-state index contributed by atoms with van der Waals surface area (Å²) in [5.74, 6) is -0.182. The van der Waals surface area contributed by atoms with Crippen LogP contribution in [0.4, 0.5) is 13.2 Å². The lowest BCUT2D eigenvalue weighted by atomic mass is 10.1. The first-order chi connectivity index (χ1) is 9.50. The topological polar surface area (TPSA) is 35.2 Å². The van der Waals surface area contributed by atoms with Gasteiger partial charge < -0.3 is 10.5 Å². The second-order valence-electron chi connectivity index (χ2n) is 4.31. The summed E-state index contributed by atoms with van der Waals surface area (Å²) in [6, 6.07) is 12.9. The van der Waals surface area contributed by atoms with Crippen LogP contribution < -0.4 is 10.5 Å². The molecule has 2 aromatic carbocycles. The van der Waals surface area contributed by atoms with Gasteiger partial charge in [0.25, 0.3) is 0 Å². The Balaban J connectivity index is 2.23. The second-order valence-corrected chi connectivity index (χ2v) is 4.31. The average Bonchev–Trinajstić information content (AvgIpc) is 2.45. The van der Waals surface area contributed by atoms with Crippen molar-refractivity contribution in [2.45, 2.75) is 19.3 Å². The van der Waals surface area contributed by atoms with E-state index in [0.717, 1.165) is 11.6 Å². The van der Waals surface area contributed by atoms with Gasteiger partial charge in [-0.05, 0) is 23.3 Å². The molecule has 0 unspecified atom stereocenters. The third kappa shape index (κ3) is 3.51. The van der Waals surface area contributed by atoms with Crippen LogP contribution >= 0.6 is 0 Å². The molecule has 20 heavy (non-hydrogen) atoms. The van der Waals surface area contributed by atoms with Crippen molar-refractivity contribution in [2.75, 3.05) is 0 Å². The fraction of sp³-hybridized carbons (Fsp3) is 0.200. The Labute approximate surface area is 115 Å². The molecule has 0 aliphatic rings. The van der Waals surface area contributed by atoms with E-state index >= 15 is 0 Å². The molecule has 0 aliphatic heterocycles. The molecule has 0 spiro atoms. The summed E-state index contributed by atoms with van der Waals surface area (Å²) < 4.78 is 44.2. The number of nitrogens with two attached hydrogens (primary N) is 1. The van der Waals surface area contributed by atoms with Crippen LogP contribution in [0, 0.1) is 0 Å². The van der Waals surface area contributed by atoms with Crippen molar-refractivity contribution < 1.29 is 17.9 Å². The quantitative estimate of drug-likeness (QED) is 0.926. The van der Waals surface area contributed by atoms with Crippen LogP contribution in [0.15, 0.2) is 48.5 Å². The molecular weight excluding hydrogens is 267 g/mol. The van der Waals surface area contributed by atoms with E-state index in [2.05, 4.69) is 0 Å². The van der Waals surface area contributed by atoms with E-state index in [4.69, 9.17) is 10.5 Å². The number of hydrogen-bond donors (Lipinski definition) is 1. The zero-order valence-electron chi connectivity index (χ0n) is 10.7. The maximum Gasteiger partial charge on any atom is 0.419 e. The van der Waals surface area contributed by atoms with Gasteiger partial charge in [-0.1, -0.05) is 36.4 Å². The molecule has 0 atom stereocenters. The van der Waals surface area contributed by atoms with Gasteiger partial charge in [0.15, 0.2) is 0 Å². The highest BCUT2D eigenvalue weighted by atomic mass is 19.4. The number of halogens is 3. The van der Waals surface area contributed by atoms with Crippen LogP contribution in [0.25, 0.3) is 0 Å². The van der Waals surface area contributed by atoms with E-state index in [1.54, 1.807) is 24.3 Å². The average molecular weight is 281 g/mol. The summed E-state index contributed by atoms with van der Waals surface area (Å²) in [6.45, 7) is 0.147. The Bertz CT molecular complexity index is 567. The molecule has 106 valence electrons. The smallest absolute Gasteiger partial charge is 0.419 e. The zero-order valence-corrected chi connectivity index (χ0v) is 10.7. The molecule has 0 radical (unpaired) electrons. The summed E-state index contributed by atoms with van der Waals surface area (Å²) in [5.41, 5.74) is 5.80. The van der Waals surface area contributed by atoms with Crippen molar-refractivity contribution >= 4 is 0 Å². The first-order valence-corrected chi connectivity index (χ1v) is 6.07. The summed E-state index contributed by atoms with van der Waals surface area (Å²) in [5, 5.41) is 0. The molecular formula is C15H14F3NO. The van der Waals surface area contributed by atoms with Gasteiger partial charge in [0, 0.05) is 6.54 Å². The molecule has 5 heteroatoms. The Morgan fingerprint density at radius 1 is 0.950 bits per heavy atom. The SMILES string of the molecule is NCc1ccc(OCc2ccccc2)c(C(F)(F)F)c1. The van der Waals surface area contributed by atoms with Crippen molar-refractivity contribution in [3.8, 4) is 5.75 Å². The van der Waals surface area contributed by atoms with E-state index < -0.39 is 11.7 Å². The van der Waals surface area contributed by atoms with Crippen molar-refractivity contribution in [1.29, 1.82) is 0 Å². The van der Waals surface area contributed by atoms with E-state index in [0.29, 0.717) is 5.56 Å². The molecule has 0 heterocycles. The fourth-order valence-electron chi connectivity index (χ4n) is 1.79. The van der Waals surface area contributed by atoms with Crippen molar-refractivity contribution in [3.05, 3.63) is 65.2 Å². The van der Waals surface area contributed by atoms with Gasteiger partial charge in [-0.3, -0.25) is 0 Å². The molecule has 0 fully saturated rings. The third-order valence-electron chi connectivity index (χ3n) is 2.82. The normalized spacial score (nSPS) is 11.4. The lowest BCUT2D eigenvalue weighted by molar-refractivity contribution is -0.139. The molecule has 2 aromatic rings. The molecule has 2 N–H and O–H groups in total. The van der Waals surface area contributed by atoms with Crippen LogP contribution in [0.3, 0.4) is 0 Å². The summed E-state index contributed by atoms with van der Waals surface area (Å²) in [7, 11) is 0. The van der Waals surface area contributed by atoms with Crippen LogP contribution in [0.5, 0.6) is 5.75 Å². The van der Waals surface area contributed by atoms with Crippen LogP contribution in [0.2, 0.25) is 0 Å². The Morgan fingerprint density at radius 2 is 1.65 bits per heavy atom. The van der Waals surface area contributed by atoms with E-state index in [-0.39, 0.29) is 18.9 Å². The zero-order chi connectivity index (χ0) is 14.6. The summed E-state index contributed by atoms with van der Waals surface area (Å²) in [6.07, 6.45) is -4.46. The third-order valence-corrected chi connectivity index (χ3v) is 2.82. The molecule has 2 rings (SSSR count). The molecule has 0 saturated heterocycles. The monoisotopic (exact) mass is 281 g/mol. The number of benzene rings is 2. The molecule has 0 saturated carbocycles. The first kappa shape index (κ1) is 14.4. The Morgan fingerprint density at radius 3 is 2.25 bits per heavy atom.